The molecule has 0 amide bonds. The summed E-state index contributed by atoms with van der Waals surface area (Å²) in [6.07, 6.45) is 1.60. The van der Waals surface area contributed by atoms with Gasteiger partial charge in [-0.1, -0.05) is 0 Å². The van der Waals surface area contributed by atoms with Gasteiger partial charge in [-0.05, 0) is 19.9 Å². The van der Waals surface area contributed by atoms with Gasteiger partial charge in [-0.15, -0.1) is 0 Å². The van der Waals surface area contributed by atoms with E-state index in [0.717, 1.165) is 17.9 Å². The monoisotopic (exact) mass is 260 g/mol. The van der Waals surface area contributed by atoms with E-state index in [9.17, 15) is 4.79 Å². The highest BCUT2D eigenvalue weighted by atomic mass is 16.5. The van der Waals surface area contributed by atoms with Crippen LogP contribution in [-0.2, 0) is 13.0 Å². The average Bonchev–Trinajstić information content (AvgIpc) is 2.78. The zero-order chi connectivity index (χ0) is 13.8. The molecule has 0 radical (unpaired) electrons. The summed E-state index contributed by atoms with van der Waals surface area (Å²) in [5.74, 6) is 0.314. The first kappa shape index (κ1) is 13.2. The van der Waals surface area contributed by atoms with E-state index in [1.54, 1.807) is 6.07 Å². The number of ketones is 1. The Bertz CT molecular complexity index is 592. The second-order valence-electron chi connectivity index (χ2n) is 4.14. The minimum atomic E-state index is -0.0738. The van der Waals surface area contributed by atoms with Crippen LogP contribution in [0.5, 0.6) is 5.88 Å². The van der Waals surface area contributed by atoms with Gasteiger partial charge in [-0.3, -0.25) is 9.48 Å². The van der Waals surface area contributed by atoms with Crippen LogP contribution in [0.2, 0.25) is 0 Å². The van der Waals surface area contributed by atoms with Gasteiger partial charge in [0.1, 0.15) is 12.0 Å². The fourth-order valence-corrected chi connectivity index (χ4v) is 1.87. The van der Waals surface area contributed by atoms with Gasteiger partial charge in [0.15, 0.2) is 5.78 Å². The molecule has 0 aliphatic heterocycles. The first-order chi connectivity index (χ1) is 9.13. The number of nitrogens with zero attached hydrogens (tertiary/aromatic N) is 4. The molecule has 6 nitrogen and oxygen atoms in total. The Morgan fingerprint density at radius 2 is 2.16 bits per heavy atom. The molecule has 0 aliphatic rings. The lowest BCUT2D eigenvalue weighted by Gasteiger charge is -2.04. The van der Waals surface area contributed by atoms with Gasteiger partial charge in [0.2, 0.25) is 5.88 Å². The van der Waals surface area contributed by atoms with Gasteiger partial charge in [0, 0.05) is 18.3 Å². The summed E-state index contributed by atoms with van der Waals surface area (Å²) in [6, 6.07) is 3.46. The largest absolute Gasteiger partial charge is 0.481 e. The van der Waals surface area contributed by atoms with Gasteiger partial charge in [0.25, 0.3) is 0 Å². The number of ether oxygens (including phenoxy) is 1. The standard InChI is InChI=1S/C13H16N4O2/c1-4-17-10(5-9(2)16-17)6-12(18)11-7-13(19-3)15-8-14-11/h5,7-8H,4,6H2,1-3H3. The van der Waals surface area contributed by atoms with E-state index in [4.69, 9.17) is 4.74 Å². The van der Waals surface area contributed by atoms with Crippen molar-refractivity contribution in [2.75, 3.05) is 7.11 Å². The molecule has 2 heterocycles. The number of Topliss-reactive ketones (excluding diaryl/α,β-unsaturated/α-hetero) is 1. The van der Waals surface area contributed by atoms with Crippen LogP contribution in [0.4, 0.5) is 0 Å². The van der Waals surface area contributed by atoms with Gasteiger partial charge < -0.3 is 4.74 Å². The Balaban J connectivity index is 2.20. The molecule has 2 rings (SSSR count). The number of hydrogen-bond acceptors (Lipinski definition) is 5. The van der Waals surface area contributed by atoms with Crippen molar-refractivity contribution in [2.45, 2.75) is 26.8 Å². The van der Waals surface area contributed by atoms with Crippen molar-refractivity contribution in [3.05, 3.63) is 35.5 Å². The lowest BCUT2D eigenvalue weighted by atomic mass is 10.1. The highest BCUT2D eigenvalue weighted by Gasteiger charge is 2.13. The number of methoxy groups -OCH3 is 1. The summed E-state index contributed by atoms with van der Waals surface area (Å²) < 4.78 is 6.81. The fourth-order valence-electron chi connectivity index (χ4n) is 1.87. The highest BCUT2D eigenvalue weighted by molar-refractivity contribution is 5.95. The van der Waals surface area contributed by atoms with E-state index in [2.05, 4.69) is 15.1 Å². The van der Waals surface area contributed by atoms with Crippen LogP contribution >= 0.6 is 0 Å². The zero-order valence-electron chi connectivity index (χ0n) is 11.3. The predicted molar refractivity (Wildman–Crippen MR) is 69.3 cm³/mol. The molecular weight excluding hydrogens is 244 g/mol. The number of aromatic nitrogens is 4. The molecule has 0 aromatic carbocycles. The van der Waals surface area contributed by atoms with E-state index in [0.29, 0.717) is 11.6 Å². The molecular formula is C13H16N4O2. The summed E-state index contributed by atoms with van der Waals surface area (Å²) >= 11 is 0. The predicted octanol–water partition coefficient (Wildman–Crippen LogP) is 1.44. The molecule has 100 valence electrons. The van der Waals surface area contributed by atoms with Crippen LogP contribution in [0.25, 0.3) is 0 Å². The first-order valence-corrected chi connectivity index (χ1v) is 6.06. The molecule has 0 spiro atoms. The maximum atomic E-state index is 12.2. The summed E-state index contributed by atoms with van der Waals surface area (Å²) in [5, 5.41) is 4.32. The molecule has 0 bridgehead atoms. The number of carbonyl (C=O) groups excluding carboxylic acids is 1. The molecule has 6 heteroatoms. The number of carbonyl (C=O) groups is 1. The van der Waals surface area contributed by atoms with E-state index in [1.165, 1.54) is 13.4 Å². The lowest BCUT2D eigenvalue weighted by Crippen LogP contribution is -2.11. The van der Waals surface area contributed by atoms with Crippen LogP contribution in [0, 0.1) is 6.92 Å². The van der Waals surface area contributed by atoms with Crippen LogP contribution in [-0.4, -0.2) is 32.6 Å². The quantitative estimate of drug-likeness (QED) is 0.761. The Labute approximate surface area is 111 Å². The van der Waals surface area contributed by atoms with E-state index in [-0.39, 0.29) is 12.2 Å². The van der Waals surface area contributed by atoms with Crippen LogP contribution in [0.1, 0.15) is 28.8 Å². The zero-order valence-corrected chi connectivity index (χ0v) is 11.3. The smallest absolute Gasteiger partial charge is 0.216 e. The lowest BCUT2D eigenvalue weighted by molar-refractivity contribution is 0.0985. The summed E-state index contributed by atoms with van der Waals surface area (Å²) in [5.41, 5.74) is 2.15. The normalized spacial score (nSPS) is 10.5. The first-order valence-electron chi connectivity index (χ1n) is 6.06. The SMILES string of the molecule is CCn1nc(C)cc1CC(=O)c1cc(OC)ncn1. The minimum absolute atomic E-state index is 0.0738. The second kappa shape index (κ2) is 5.60. The highest BCUT2D eigenvalue weighted by Crippen LogP contribution is 2.11. The van der Waals surface area contributed by atoms with Gasteiger partial charge in [-0.25, -0.2) is 9.97 Å². The molecule has 19 heavy (non-hydrogen) atoms. The van der Waals surface area contributed by atoms with Crippen molar-refractivity contribution in [1.82, 2.24) is 19.7 Å². The maximum absolute atomic E-state index is 12.2. The third-order valence-electron chi connectivity index (χ3n) is 2.76. The van der Waals surface area contributed by atoms with Gasteiger partial charge in [0.05, 0.1) is 19.2 Å². The summed E-state index contributed by atoms with van der Waals surface area (Å²) in [4.78, 5) is 20.0. The van der Waals surface area contributed by atoms with Gasteiger partial charge >= 0.3 is 0 Å². The Morgan fingerprint density at radius 3 is 2.84 bits per heavy atom. The molecule has 2 aromatic rings. The Hall–Kier alpha value is -2.24. The van der Waals surface area contributed by atoms with Crippen molar-refractivity contribution in [3.8, 4) is 5.88 Å². The molecule has 0 fully saturated rings. The topological polar surface area (TPSA) is 69.9 Å². The second-order valence-corrected chi connectivity index (χ2v) is 4.14. The van der Waals surface area contributed by atoms with Crippen molar-refractivity contribution in [3.63, 3.8) is 0 Å². The molecule has 0 unspecified atom stereocenters. The van der Waals surface area contributed by atoms with Crippen molar-refractivity contribution in [1.29, 1.82) is 0 Å². The minimum Gasteiger partial charge on any atom is -0.481 e. The fraction of sp³-hybridized carbons (Fsp3) is 0.385. The van der Waals surface area contributed by atoms with E-state index < -0.39 is 0 Å². The van der Waals surface area contributed by atoms with Crippen molar-refractivity contribution in [2.24, 2.45) is 0 Å². The molecule has 2 aromatic heterocycles. The van der Waals surface area contributed by atoms with Crippen molar-refractivity contribution < 1.29 is 9.53 Å². The van der Waals surface area contributed by atoms with Crippen LogP contribution < -0.4 is 4.74 Å². The van der Waals surface area contributed by atoms with Crippen LogP contribution in [0.15, 0.2) is 18.5 Å². The Kier molecular flexibility index (Phi) is 3.89. The molecule has 0 N–H and O–H groups in total. The number of rotatable bonds is 5. The van der Waals surface area contributed by atoms with Crippen LogP contribution in [0.3, 0.4) is 0 Å². The molecule has 0 atom stereocenters. The van der Waals surface area contributed by atoms with Gasteiger partial charge in [-0.2, -0.15) is 5.10 Å². The maximum Gasteiger partial charge on any atom is 0.216 e. The average molecular weight is 260 g/mol. The summed E-state index contributed by atoms with van der Waals surface area (Å²) in [6.45, 7) is 4.64. The third-order valence-corrected chi connectivity index (χ3v) is 2.76. The Morgan fingerprint density at radius 1 is 1.37 bits per heavy atom. The van der Waals surface area contributed by atoms with Crippen molar-refractivity contribution >= 4 is 5.78 Å². The molecule has 0 aliphatic carbocycles. The van der Waals surface area contributed by atoms with E-state index >= 15 is 0 Å². The number of hydrogen-bond donors (Lipinski definition) is 0. The van der Waals surface area contributed by atoms with E-state index in [1.807, 2.05) is 24.6 Å². The third kappa shape index (κ3) is 2.96. The molecule has 0 saturated carbocycles. The molecule has 0 saturated heterocycles. The number of aryl methyl sites for hydroxylation is 2. The summed E-state index contributed by atoms with van der Waals surface area (Å²) in [7, 11) is 1.51.